The highest BCUT2D eigenvalue weighted by molar-refractivity contribution is 6.02. The number of nitrogens with zero attached hydrogens (tertiary/aromatic N) is 1. The number of alkyl halides is 2. The number of aliphatic hydroxyl groups excluding tert-OH is 2. The van der Waals surface area contributed by atoms with E-state index >= 15 is 4.39 Å². The fourth-order valence-electron chi connectivity index (χ4n) is 5.00. The molecule has 2 heterocycles. The molecule has 1 aliphatic carbocycles. The number of rotatable bonds is 10. The van der Waals surface area contributed by atoms with Gasteiger partial charge in [0.15, 0.2) is 11.5 Å². The number of anilines is 1. The van der Waals surface area contributed by atoms with Crippen LogP contribution in [0.2, 0.25) is 0 Å². The van der Waals surface area contributed by atoms with Gasteiger partial charge in [-0.1, -0.05) is 19.9 Å². The van der Waals surface area contributed by atoms with Crippen LogP contribution in [0.15, 0.2) is 36.4 Å². The fourth-order valence-corrected chi connectivity index (χ4v) is 5.00. The number of hydrogen-bond donors (Lipinski definition) is 3. The van der Waals surface area contributed by atoms with Gasteiger partial charge in [0.05, 0.1) is 42.5 Å². The van der Waals surface area contributed by atoms with Crippen molar-refractivity contribution >= 4 is 22.5 Å². The predicted molar refractivity (Wildman–Crippen MR) is 137 cm³/mol. The summed E-state index contributed by atoms with van der Waals surface area (Å²) in [5.74, 6) is -1.41. The van der Waals surface area contributed by atoms with Gasteiger partial charge in [-0.3, -0.25) is 4.79 Å². The maximum atomic E-state index is 15.4. The molecule has 11 heteroatoms. The maximum absolute atomic E-state index is 15.4. The molecule has 1 amide bonds. The number of aromatic nitrogens is 1. The Morgan fingerprint density at radius 2 is 1.90 bits per heavy atom. The van der Waals surface area contributed by atoms with E-state index in [1.54, 1.807) is 10.6 Å². The molecule has 1 atom stereocenters. The molecular weight excluding hydrogens is 517 g/mol. The molecule has 0 spiro atoms. The van der Waals surface area contributed by atoms with Gasteiger partial charge in [-0.15, -0.1) is 8.78 Å². The largest absolute Gasteiger partial charge is 0.586 e. The zero-order valence-electron chi connectivity index (χ0n) is 21.9. The zero-order valence-corrected chi connectivity index (χ0v) is 21.9. The number of ether oxygens (including phenoxy) is 3. The number of benzene rings is 2. The van der Waals surface area contributed by atoms with Crippen LogP contribution in [0, 0.1) is 5.82 Å². The molecule has 5 rings (SSSR count). The molecule has 0 saturated heterocycles. The van der Waals surface area contributed by atoms with E-state index < -0.39 is 35.0 Å². The monoisotopic (exact) mass is 548 g/mol. The van der Waals surface area contributed by atoms with Crippen molar-refractivity contribution in [2.45, 2.75) is 63.4 Å². The van der Waals surface area contributed by atoms with Crippen LogP contribution >= 0.6 is 0 Å². The first-order chi connectivity index (χ1) is 18.4. The Labute approximate surface area is 223 Å². The van der Waals surface area contributed by atoms with Crippen LogP contribution in [0.3, 0.4) is 0 Å². The van der Waals surface area contributed by atoms with E-state index in [9.17, 15) is 23.8 Å². The average Bonchev–Trinajstić information content (AvgIpc) is 3.54. The molecular formula is C28H31F3N2O6. The summed E-state index contributed by atoms with van der Waals surface area (Å²) in [6.07, 6.45) is -3.70. The minimum atomic E-state index is -3.77. The van der Waals surface area contributed by atoms with Crippen molar-refractivity contribution in [2.24, 2.45) is 0 Å². The minimum absolute atomic E-state index is 0.0357. The Balaban J connectivity index is 1.44. The van der Waals surface area contributed by atoms with Crippen molar-refractivity contribution in [3.05, 3.63) is 53.5 Å². The summed E-state index contributed by atoms with van der Waals surface area (Å²) in [6.45, 7) is 5.98. The highest BCUT2D eigenvalue weighted by atomic mass is 19.3. The normalized spacial score (nSPS) is 17.8. The summed E-state index contributed by atoms with van der Waals surface area (Å²) >= 11 is 0. The Hall–Kier alpha value is -3.28. The van der Waals surface area contributed by atoms with Crippen molar-refractivity contribution in [3.8, 4) is 11.5 Å². The van der Waals surface area contributed by atoms with Crippen LogP contribution in [0.25, 0.3) is 10.9 Å². The number of fused-ring (bicyclic) bond motifs is 2. The molecule has 0 radical (unpaired) electrons. The molecule has 0 unspecified atom stereocenters. The number of amides is 1. The highest BCUT2D eigenvalue weighted by Crippen LogP contribution is 2.52. The van der Waals surface area contributed by atoms with E-state index in [4.69, 9.17) is 4.74 Å². The number of carbonyl (C=O) groups is 1. The van der Waals surface area contributed by atoms with Crippen molar-refractivity contribution < 1.29 is 42.4 Å². The Morgan fingerprint density at radius 1 is 1.18 bits per heavy atom. The molecule has 210 valence electrons. The third kappa shape index (κ3) is 5.06. The van der Waals surface area contributed by atoms with Gasteiger partial charge in [-0.2, -0.15) is 0 Å². The van der Waals surface area contributed by atoms with Gasteiger partial charge in [0.25, 0.3) is 0 Å². The highest BCUT2D eigenvalue weighted by Gasteiger charge is 2.53. The fraction of sp³-hybridized carbons (Fsp3) is 0.464. The van der Waals surface area contributed by atoms with Crippen molar-refractivity contribution in [2.75, 3.05) is 25.1 Å². The van der Waals surface area contributed by atoms with Crippen LogP contribution < -0.4 is 14.8 Å². The molecule has 1 aromatic heterocycles. The number of aliphatic hydroxyl groups is 2. The molecule has 1 saturated carbocycles. The summed E-state index contributed by atoms with van der Waals surface area (Å²) in [5.41, 5.74) is -0.0748. The second kappa shape index (κ2) is 9.72. The number of hydrogen-bond acceptors (Lipinski definition) is 6. The summed E-state index contributed by atoms with van der Waals surface area (Å²) in [7, 11) is 0. The van der Waals surface area contributed by atoms with Crippen molar-refractivity contribution in [1.29, 1.82) is 0 Å². The van der Waals surface area contributed by atoms with E-state index in [2.05, 4.69) is 14.8 Å². The molecule has 3 N–H and O–H groups in total. The third-order valence-corrected chi connectivity index (χ3v) is 7.37. The summed E-state index contributed by atoms with van der Waals surface area (Å²) < 4.78 is 58.3. The summed E-state index contributed by atoms with van der Waals surface area (Å²) in [4.78, 5) is 13.4. The minimum Gasteiger partial charge on any atom is -0.395 e. The number of halogens is 3. The van der Waals surface area contributed by atoms with Gasteiger partial charge in [0.2, 0.25) is 5.91 Å². The molecule has 1 fully saturated rings. The number of carbonyl (C=O) groups excluding carboxylic acids is 1. The Bertz CT molecular complexity index is 1420. The SMILES string of the molecule is CCOC[C@H](O)Cn1c(C(C)(C)CO)cc2cc(NC(=O)C3(c4ccc5c(c4)OC(F)(F)O5)CC3)c(F)cc21. The number of nitrogens with one attached hydrogen (secondary N) is 1. The van der Waals surface area contributed by atoms with Gasteiger partial charge in [-0.05, 0) is 49.6 Å². The molecule has 2 aromatic carbocycles. The van der Waals surface area contributed by atoms with Gasteiger partial charge >= 0.3 is 6.29 Å². The second-order valence-electron chi connectivity index (χ2n) is 10.8. The van der Waals surface area contributed by atoms with E-state index in [0.29, 0.717) is 41.6 Å². The molecule has 8 nitrogen and oxygen atoms in total. The maximum Gasteiger partial charge on any atom is 0.586 e. The van der Waals surface area contributed by atoms with Crippen LogP contribution in [-0.2, 0) is 26.9 Å². The summed E-state index contributed by atoms with van der Waals surface area (Å²) in [5, 5.41) is 23.8. The smallest absolute Gasteiger partial charge is 0.395 e. The first-order valence-corrected chi connectivity index (χ1v) is 12.8. The Morgan fingerprint density at radius 3 is 2.56 bits per heavy atom. The van der Waals surface area contributed by atoms with Crippen LogP contribution in [0.5, 0.6) is 11.5 Å². The third-order valence-electron chi connectivity index (χ3n) is 7.37. The van der Waals surface area contributed by atoms with E-state index in [1.165, 1.54) is 30.3 Å². The van der Waals surface area contributed by atoms with Crippen LogP contribution in [0.4, 0.5) is 18.9 Å². The van der Waals surface area contributed by atoms with Gasteiger partial charge in [0, 0.05) is 29.2 Å². The molecule has 3 aromatic rings. The topological polar surface area (TPSA) is 102 Å². The molecule has 2 aliphatic rings. The lowest BCUT2D eigenvalue weighted by Gasteiger charge is -2.26. The first kappa shape index (κ1) is 27.3. The predicted octanol–water partition coefficient (Wildman–Crippen LogP) is 4.44. The lowest BCUT2D eigenvalue weighted by molar-refractivity contribution is -0.286. The molecule has 1 aliphatic heterocycles. The van der Waals surface area contributed by atoms with Gasteiger partial charge in [0.1, 0.15) is 5.82 Å². The first-order valence-electron chi connectivity index (χ1n) is 12.8. The van der Waals surface area contributed by atoms with Crippen LogP contribution in [0.1, 0.15) is 44.9 Å². The standard InChI is InChI=1S/C28H31F3N2O6/c1-4-37-14-18(35)13-33-21-12-19(29)20(9-16(21)10-24(33)26(2,3)15-34)32-25(36)27(7-8-27)17-5-6-22-23(11-17)39-28(30,31)38-22/h5-6,9-12,18,34-35H,4,7-8,13-15H2,1-3H3,(H,32,36)/t18-/m1/s1. The van der Waals surface area contributed by atoms with Crippen molar-refractivity contribution in [3.63, 3.8) is 0 Å². The molecule has 0 bridgehead atoms. The lowest BCUT2D eigenvalue weighted by atomic mass is 9.90. The average molecular weight is 549 g/mol. The van der Waals surface area contributed by atoms with Gasteiger partial charge in [-0.25, -0.2) is 4.39 Å². The van der Waals surface area contributed by atoms with Gasteiger partial charge < -0.3 is 34.3 Å². The lowest BCUT2D eigenvalue weighted by Crippen LogP contribution is -2.29. The summed E-state index contributed by atoms with van der Waals surface area (Å²) in [6, 6.07) is 8.84. The molecule has 39 heavy (non-hydrogen) atoms. The quantitative estimate of drug-likeness (QED) is 0.346. The van der Waals surface area contributed by atoms with E-state index in [1.807, 2.05) is 20.8 Å². The van der Waals surface area contributed by atoms with E-state index in [0.717, 1.165) is 0 Å². The van der Waals surface area contributed by atoms with E-state index in [-0.39, 0.29) is 36.9 Å². The zero-order chi connectivity index (χ0) is 28.2. The Kier molecular flexibility index (Phi) is 6.80. The van der Waals surface area contributed by atoms with Crippen LogP contribution in [-0.4, -0.2) is 52.9 Å². The van der Waals surface area contributed by atoms with Crippen molar-refractivity contribution in [1.82, 2.24) is 4.57 Å². The second-order valence-corrected chi connectivity index (χ2v) is 10.8.